The Morgan fingerprint density at radius 3 is 2.80 bits per heavy atom. The van der Waals surface area contributed by atoms with Gasteiger partial charge in [0.2, 0.25) is 0 Å². The van der Waals surface area contributed by atoms with E-state index in [0.29, 0.717) is 12.1 Å². The number of hydrogen-bond donors (Lipinski definition) is 1. The van der Waals surface area contributed by atoms with E-state index in [9.17, 15) is 0 Å². The second-order valence-electron chi connectivity index (χ2n) is 6.23. The van der Waals surface area contributed by atoms with Gasteiger partial charge in [0.1, 0.15) is 5.75 Å². The molecule has 20 heavy (non-hydrogen) atoms. The first-order valence-corrected chi connectivity index (χ1v) is 8.71. The average molecular weight is 338 g/mol. The lowest BCUT2D eigenvalue weighted by molar-refractivity contribution is 0.216. The van der Waals surface area contributed by atoms with Gasteiger partial charge in [0.05, 0.1) is 6.61 Å². The van der Waals surface area contributed by atoms with Gasteiger partial charge in [-0.2, -0.15) is 0 Å². The van der Waals surface area contributed by atoms with E-state index in [-0.39, 0.29) is 0 Å². The molecule has 110 valence electrons. The van der Waals surface area contributed by atoms with Crippen molar-refractivity contribution < 1.29 is 4.74 Å². The van der Waals surface area contributed by atoms with Gasteiger partial charge in [-0.3, -0.25) is 0 Å². The van der Waals surface area contributed by atoms with Crippen molar-refractivity contribution in [2.45, 2.75) is 57.5 Å². The van der Waals surface area contributed by atoms with Gasteiger partial charge in [-0.15, -0.1) is 0 Å². The standard InChI is InChI=1S/C17H24BrNO/c1-12(13-5-3-2-4-6-13)19-16-9-10-20-17-8-7-14(18)11-15(16)17/h7-8,11-13,16,19H,2-6,9-10H2,1H3/t12-,16?/m1/s1. The van der Waals surface area contributed by atoms with Crippen molar-refractivity contribution in [2.24, 2.45) is 5.92 Å². The van der Waals surface area contributed by atoms with Crippen LogP contribution in [0.3, 0.4) is 0 Å². The minimum atomic E-state index is 0.438. The first kappa shape index (κ1) is 14.4. The topological polar surface area (TPSA) is 21.3 Å². The molecule has 0 saturated heterocycles. The first-order chi connectivity index (χ1) is 9.74. The van der Waals surface area contributed by atoms with Crippen LogP contribution in [-0.2, 0) is 0 Å². The van der Waals surface area contributed by atoms with Gasteiger partial charge < -0.3 is 10.1 Å². The zero-order valence-electron chi connectivity index (χ0n) is 12.2. The van der Waals surface area contributed by atoms with Crippen molar-refractivity contribution >= 4 is 15.9 Å². The summed E-state index contributed by atoms with van der Waals surface area (Å²) in [6.07, 6.45) is 8.10. The minimum Gasteiger partial charge on any atom is -0.493 e. The molecular formula is C17H24BrNO. The number of fused-ring (bicyclic) bond motifs is 1. The van der Waals surface area contributed by atoms with E-state index in [4.69, 9.17) is 4.74 Å². The normalized spacial score (nSPS) is 24.8. The van der Waals surface area contributed by atoms with Crippen LogP contribution in [-0.4, -0.2) is 12.6 Å². The molecule has 1 aromatic carbocycles. The van der Waals surface area contributed by atoms with Crippen LogP contribution < -0.4 is 10.1 Å². The van der Waals surface area contributed by atoms with Crippen molar-refractivity contribution in [3.05, 3.63) is 28.2 Å². The van der Waals surface area contributed by atoms with Crippen LogP contribution in [0.2, 0.25) is 0 Å². The summed E-state index contributed by atoms with van der Waals surface area (Å²) in [6, 6.07) is 7.39. The molecule has 0 spiro atoms. The predicted octanol–water partition coefficient (Wildman–Crippen LogP) is 4.83. The number of halogens is 1. The van der Waals surface area contributed by atoms with E-state index in [1.54, 1.807) is 0 Å². The van der Waals surface area contributed by atoms with Gasteiger partial charge in [0, 0.05) is 28.5 Å². The lowest BCUT2D eigenvalue weighted by Gasteiger charge is -2.34. The third-order valence-electron chi connectivity index (χ3n) is 4.83. The van der Waals surface area contributed by atoms with Gasteiger partial charge >= 0.3 is 0 Å². The second-order valence-corrected chi connectivity index (χ2v) is 7.14. The summed E-state index contributed by atoms with van der Waals surface area (Å²) in [5, 5.41) is 3.87. The zero-order valence-corrected chi connectivity index (χ0v) is 13.8. The Bertz CT molecular complexity index is 456. The maximum absolute atomic E-state index is 5.77. The molecule has 2 aliphatic rings. The summed E-state index contributed by atoms with van der Waals surface area (Å²) in [7, 11) is 0. The monoisotopic (exact) mass is 337 g/mol. The highest BCUT2D eigenvalue weighted by Crippen LogP contribution is 2.35. The molecule has 1 aromatic rings. The summed E-state index contributed by atoms with van der Waals surface area (Å²) >= 11 is 3.58. The minimum absolute atomic E-state index is 0.438. The maximum Gasteiger partial charge on any atom is 0.124 e. The fourth-order valence-corrected chi connectivity index (χ4v) is 4.00. The number of nitrogens with one attached hydrogen (secondary N) is 1. The second kappa shape index (κ2) is 6.48. The number of benzene rings is 1. The van der Waals surface area contributed by atoms with Crippen molar-refractivity contribution in [3.63, 3.8) is 0 Å². The molecule has 0 bridgehead atoms. The van der Waals surface area contributed by atoms with Gasteiger partial charge in [0.25, 0.3) is 0 Å². The van der Waals surface area contributed by atoms with E-state index in [2.05, 4.69) is 46.4 Å². The number of hydrogen-bond acceptors (Lipinski definition) is 2. The zero-order chi connectivity index (χ0) is 13.9. The smallest absolute Gasteiger partial charge is 0.124 e. The molecule has 1 N–H and O–H groups in total. The van der Waals surface area contributed by atoms with Crippen LogP contribution in [0.25, 0.3) is 0 Å². The summed E-state index contributed by atoms with van der Waals surface area (Å²) in [6.45, 7) is 3.19. The summed E-state index contributed by atoms with van der Waals surface area (Å²) < 4.78 is 6.91. The Labute approximate surface area is 130 Å². The van der Waals surface area contributed by atoms with Gasteiger partial charge in [-0.1, -0.05) is 35.2 Å². The molecule has 0 amide bonds. The molecule has 2 atom stereocenters. The Balaban J connectivity index is 1.70. The van der Waals surface area contributed by atoms with Crippen LogP contribution in [0.15, 0.2) is 22.7 Å². The SMILES string of the molecule is C[C@@H](NC1CCOc2ccc(Br)cc21)C1CCCCC1. The molecule has 1 aliphatic heterocycles. The first-order valence-electron chi connectivity index (χ1n) is 7.92. The lowest BCUT2D eigenvalue weighted by atomic mass is 9.84. The van der Waals surface area contributed by atoms with Crippen LogP contribution in [0.1, 0.15) is 57.1 Å². The van der Waals surface area contributed by atoms with E-state index >= 15 is 0 Å². The van der Waals surface area contributed by atoms with E-state index in [1.165, 1.54) is 37.7 Å². The Kier molecular flexibility index (Phi) is 4.67. The molecule has 1 unspecified atom stereocenters. The largest absolute Gasteiger partial charge is 0.493 e. The third kappa shape index (κ3) is 3.20. The highest BCUT2D eigenvalue weighted by atomic mass is 79.9. The van der Waals surface area contributed by atoms with Crippen molar-refractivity contribution in [1.29, 1.82) is 0 Å². The maximum atomic E-state index is 5.77. The Hall–Kier alpha value is -0.540. The molecule has 3 rings (SSSR count). The van der Waals surface area contributed by atoms with Crippen LogP contribution in [0.5, 0.6) is 5.75 Å². The van der Waals surface area contributed by atoms with Crippen molar-refractivity contribution in [3.8, 4) is 5.75 Å². The van der Waals surface area contributed by atoms with Gasteiger partial charge in [-0.05, 0) is 43.9 Å². The quantitative estimate of drug-likeness (QED) is 0.852. The van der Waals surface area contributed by atoms with E-state index in [1.807, 2.05) is 0 Å². The molecule has 0 aromatic heterocycles. The summed E-state index contributed by atoms with van der Waals surface area (Å²) in [5.74, 6) is 1.90. The van der Waals surface area contributed by atoms with Crippen molar-refractivity contribution in [1.82, 2.24) is 5.32 Å². The number of ether oxygens (including phenoxy) is 1. The Morgan fingerprint density at radius 1 is 1.20 bits per heavy atom. The third-order valence-corrected chi connectivity index (χ3v) is 5.33. The van der Waals surface area contributed by atoms with Crippen molar-refractivity contribution in [2.75, 3.05) is 6.61 Å². The van der Waals surface area contributed by atoms with Crippen LogP contribution in [0, 0.1) is 5.92 Å². The molecule has 2 nitrogen and oxygen atoms in total. The predicted molar refractivity (Wildman–Crippen MR) is 86.2 cm³/mol. The highest BCUT2D eigenvalue weighted by molar-refractivity contribution is 9.10. The summed E-state index contributed by atoms with van der Waals surface area (Å²) in [5.41, 5.74) is 1.31. The molecule has 1 fully saturated rings. The van der Waals surface area contributed by atoms with Crippen LogP contribution in [0.4, 0.5) is 0 Å². The Morgan fingerprint density at radius 2 is 2.00 bits per heavy atom. The fraction of sp³-hybridized carbons (Fsp3) is 0.647. The van der Waals surface area contributed by atoms with Crippen LogP contribution >= 0.6 is 15.9 Å². The molecule has 1 saturated carbocycles. The molecule has 1 heterocycles. The number of rotatable bonds is 3. The van der Waals surface area contributed by atoms with Gasteiger partial charge in [-0.25, -0.2) is 0 Å². The van der Waals surface area contributed by atoms with Gasteiger partial charge in [0.15, 0.2) is 0 Å². The highest BCUT2D eigenvalue weighted by Gasteiger charge is 2.26. The fourth-order valence-electron chi connectivity index (χ4n) is 3.63. The van der Waals surface area contributed by atoms with E-state index < -0.39 is 0 Å². The molecule has 1 aliphatic carbocycles. The molecular weight excluding hydrogens is 314 g/mol. The van der Waals surface area contributed by atoms with E-state index in [0.717, 1.165) is 29.2 Å². The molecule has 0 radical (unpaired) electrons. The molecule has 3 heteroatoms. The average Bonchev–Trinajstić information content (AvgIpc) is 2.49. The summed E-state index contributed by atoms with van der Waals surface area (Å²) in [4.78, 5) is 0. The lowest BCUT2D eigenvalue weighted by Crippen LogP contribution is -2.39.